The fourth-order valence-electron chi connectivity index (χ4n) is 3.54. The Morgan fingerprint density at radius 2 is 1.62 bits per heavy atom. The molecule has 0 aliphatic rings. The number of hydrogen-bond acceptors (Lipinski definition) is 4. The second-order valence-electron chi connectivity index (χ2n) is 7.33. The Balaban J connectivity index is 1.37. The molecule has 156 valence electrons. The van der Waals surface area contributed by atoms with Crippen molar-refractivity contribution >= 4 is 22.9 Å². The molecule has 0 saturated heterocycles. The Labute approximate surface area is 190 Å². The van der Waals surface area contributed by atoms with Crippen molar-refractivity contribution in [1.82, 2.24) is 14.8 Å². The van der Waals surface area contributed by atoms with Gasteiger partial charge in [-0.15, -0.1) is 11.3 Å². The molecule has 0 spiro atoms. The quantitative estimate of drug-likeness (QED) is 0.356. The van der Waals surface area contributed by atoms with E-state index in [1.165, 1.54) is 0 Å². The number of hydrogen-bond donors (Lipinski definition) is 1. The highest BCUT2D eigenvalue weighted by atomic mass is 32.1. The highest BCUT2D eigenvalue weighted by molar-refractivity contribution is 7.13. The zero-order valence-electron chi connectivity index (χ0n) is 17.4. The molecule has 0 saturated carbocycles. The van der Waals surface area contributed by atoms with Crippen LogP contribution in [0.15, 0.2) is 96.5 Å². The molecule has 0 radical (unpaired) electrons. The number of carbonyl (C=O) groups is 1. The molecule has 0 atom stereocenters. The molecule has 5 aromatic rings. The lowest BCUT2D eigenvalue weighted by Crippen LogP contribution is -2.13. The van der Waals surface area contributed by atoms with Gasteiger partial charge in [0, 0.05) is 22.2 Å². The Morgan fingerprint density at radius 3 is 2.41 bits per heavy atom. The summed E-state index contributed by atoms with van der Waals surface area (Å²) in [4.78, 5) is 17.7. The van der Waals surface area contributed by atoms with Crippen LogP contribution in [0.5, 0.6) is 0 Å². The molecule has 0 aliphatic carbocycles. The highest BCUT2D eigenvalue weighted by Crippen LogP contribution is 2.30. The van der Waals surface area contributed by atoms with Crippen LogP contribution in [0.2, 0.25) is 0 Å². The van der Waals surface area contributed by atoms with Crippen molar-refractivity contribution in [3.05, 3.63) is 108 Å². The molecule has 6 heteroatoms. The highest BCUT2D eigenvalue weighted by Gasteiger charge is 2.16. The normalized spacial score (nSPS) is 10.8. The van der Waals surface area contributed by atoms with Crippen LogP contribution >= 0.6 is 11.3 Å². The topological polar surface area (TPSA) is 59.8 Å². The molecule has 0 unspecified atom stereocenters. The van der Waals surface area contributed by atoms with E-state index in [9.17, 15) is 4.79 Å². The molecule has 2 aromatic heterocycles. The third-order valence-electron chi connectivity index (χ3n) is 5.20. The number of para-hydroxylation sites is 1. The van der Waals surface area contributed by atoms with Crippen molar-refractivity contribution < 1.29 is 4.79 Å². The summed E-state index contributed by atoms with van der Waals surface area (Å²) in [7, 11) is 0. The average molecular weight is 437 g/mol. The minimum Gasteiger partial charge on any atom is -0.322 e. The first-order valence-electron chi connectivity index (χ1n) is 10.2. The summed E-state index contributed by atoms with van der Waals surface area (Å²) < 4.78 is 1.77. The molecule has 0 fully saturated rings. The lowest BCUT2D eigenvalue weighted by atomic mass is 10.1. The first-order chi connectivity index (χ1) is 15.7. The van der Waals surface area contributed by atoms with Gasteiger partial charge in [-0.2, -0.15) is 5.10 Å². The number of carbonyl (C=O) groups excluding carboxylic acids is 1. The molecule has 1 amide bonds. The number of rotatable bonds is 5. The number of amides is 1. The van der Waals surface area contributed by atoms with E-state index in [-0.39, 0.29) is 5.91 Å². The number of benzene rings is 3. The van der Waals surface area contributed by atoms with Crippen LogP contribution in [0, 0.1) is 6.92 Å². The summed E-state index contributed by atoms with van der Waals surface area (Å²) in [6, 6.07) is 27.6. The van der Waals surface area contributed by atoms with Crippen LogP contribution in [-0.2, 0) is 0 Å². The standard InChI is InChI=1S/C26H20N4OS/c1-18-23(16-27-30(18)22-13-6-3-7-14-22)25(31)28-21-12-8-11-20(15-21)24-17-32-26(29-24)19-9-4-2-5-10-19/h2-17H,1H3,(H,28,31). The molecule has 0 aliphatic heterocycles. The average Bonchev–Trinajstić information content (AvgIpc) is 3.48. The van der Waals surface area contributed by atoms with Gasteiger partial charge in [0.15, 0.2) is 0 Å². The lowest BCUT2D eigenvalue weighted by molar-refractivity contribution is 0.102. The number of aromatic nitrogens is 3. The van der Waals surface area contributed by atoms with Crippen LogP contribution in [0.25, 0.3) is 27.5 Å². The SMILES string of the molecule is Cc1c(C(=O)Nc2cccc(-c3csc(-c4ccccc4)n3)c2)cnn1-c1ccccc1. The molecular weight excluding hydrogens is 416 g/mol. The second-order valence-corrected chi connectivity index (χ2v) is 8.19. The minimum atomic E-state index is -0.190. The van der Waals surface area contributed by atoms with Crippen molar-refractivity contribution in [1.29, 1.82) is 0 Å². The number of anilines is 1. The van der Waals surface area contributed by atoms with E-state index in [0.29, 0.717) is 11.3 Å². The summed E-state index contributed by atoms with van der Waals surface area (Å²) in [5.41, 5.74) is 5.91. The summed E-state index contributed by atoms with van der Waals surface area (Å²) in [6.07, 6.45) is 1.61. The van der Waals surface area contributed by atoms with Gasteiger partial charge in [-0.3, -0.25) is 4.79 Å². The zero-order chi connectivity index (χ0) is 21.9. The van der Waals surface area contributed by atoms with E-state index in [2.05, 4.69) is 22.5 Å². The van der Waals surface area contributed by atoms with Crippen molar-refractivity contribution in [3.8, 4) is 27.5 Å². The first kappa shape index (κ1) is 19.9. The molecule has 5 nitrogen and oxygen atoms in total. The maximum atomic E-state index is 12.9. The Bertz CT molecular complexity index is 1370. The van der Waals surface area contributed by atoms with Crippen molar-refractivity contribution in [3.63, 3.8) is 0 Å². The molecule has 3 aromatic carbocycles. The fraction of sp³-hybridized carbons (Fsp3) is 0.0385. The maximum absolute atomic E-state index is 12.9. The smallest absolute Gasteiger partial charge is 0.259 e. The number of nitrogens with one attached hydrogen (secondary N) is 1. The van der Waals surface area contributed by atoms with Gasteiger partial charge in [0.2, 0.25) is 0 Å². The van der Waals surface area contributed by atoms with E-state index in [4.69, 9.17) is 4.98 Å². The monoisotopic (exact) mass is 436 g/mol. The second kappa shape index (κ2) is 8.61. The number of nitrogens with zero attached hydrogens (tertiary/aromatic N) is 3. The predicted octanol–water partition coefficient (Wildman–Crippen LogP) is 6.22. The molecule has 0 bridgehead atoms. The Morgan fingerprint density at radius 1 is 0.906 bits per heavy atom. The van der Waals surface area contributed by atoms with E-state index in [1.807, 2.05) is 85.1 Å². The van der Waals surface area contributed by atoms with Gasteiger partial charge in [-0.1, -0.05) is 60.7 Å². The minimum absolute atomic E-state index is 0.190. The maximum Gasteiger partial charge on any atom is 0.259 e. The number of thiazole rings is 1. The third kappa shape index (κ3) is 3.96. The van der Waals surface area contributed by atoms with Gasteiger partial charge < -0.3 is 5.32 Å². The molecule has 1 N–H and O–H groups in total. The summed E-state index contributed by atoms with van der Waals surface area (Å²) >= 11 is 1.61. The summed E-state index contributed by atoms with van der Waals surface area (Å²) in [5, 5.41) is 10.4. The van der Waals surface area contributed by atoms with E-state index < -0.39 is 0 Å². The van der Waals surface area contributed by atoms with Crippen molar-refractivity contribution in [2.45, 2.75) is 6.92 Å². The van der Waals surface area contributed by atoms with Crippen LogP contribution in [0.3, 0.4) is 0 Å². The lowest BCUT2D eigenvalue weighted by Gasteiger charge is -2.08. The van der Waals surface area contributed by atoms with E-state index >= 15 is 0 Å². The van der Waals surface area contributed by atoms with E-state index in [1.54, 1.807) is 22.2 Å². The molecule has 32 heavy (non-hydrogen) atoms. The van der Waals surface area contributed by atoms with Gasteiger partial charge in [-0.05, 0) is 31.2 Å². The van der Waals surface area contributed by atoms with Crippen LogP contribution < -0.4 is 5.32 Å². The fourth-order valence-corrected chi connectivity index (χ4v) is 4.37. The summed E-state index contributed by atoms with van der Waals surface area (Å²) in [6.45, 7) is 1.89. The van der Waals surface area contributed by atoms with Gasteiger partial charge in [0.25, 0.3) is 5.91 Å². The zero-order valence-corrected chi connectivity index (χ0v) is 18.2. The predicted molar refractivity (Wildman–Crippen MR) is 129 cm³/mol. The first-order valence-corrected chi connectivity index (χ1v) is 11.1. The van der Waals surface area contributed by atoms with Crippen molar-refractivity contribution in [2.24, 2.45) is 0 Å². The van der Waals surface area contributed by atoms with Crippen LogP contribution in [-0.4, -0.2) is 20.7 Å². The Kier molecular flexibility index (Phi) is 5.35. The summed E-state index contributed by atoms with van der Waals surface area (Å²) in [5.74, 6) is -0.190. The van der Waals surface area contributed by atoms with Crippen LogP contribution in [0.1, 0.15) is 16.1 Å². The third-order valence-corrected chi connectivity index (χ3v) is 6.09. The van der Waals surface area contributed by atoms with Crippen molar-refractivity contribution in [2.75, 3.05) is 5.32 Å². The van der Waals surface area contributed by atoms with Crippen LogP contribution in [0.4, 0.5) is 5.69 Å². The van der Waals surface area contributed by atoms with Gasteiger partial charge in [0.1, 0.15) is 5.01 Å². The Hall–Kier alpha value is -4.03. The molecule has 5 rings (SSSR count). The van der Waals surface area contributed by atoms with E-state index in [0.717, 1.165) is 33.2 Å². The van der Waals surface area contributed by atoms with Gasteiger partial charge in [-0.25, -0.2) is 9.67 Å². The largest absolute Gasteiger partial charge is 0.322 e. The van der Waals surface area contributed by atoms with Gasteiger partial charge >= 0.3 is 0 Å². The molecular formula is C26H20N4OS. The van der Waals surface area contributed by atoms with Gasteiger partial charge in [0.05, 0.1) is 28.8 Å². The molecule has 2 heterocycles.